The van der Waals surface area contributed by atoms with Crippen molar-refractivity contribution in [2.45, 2.75) is 39.3 Å². The minimum Gasteiger partial charge on any atom is -0.355 e. The van der Waals surface area contributed by atoms with Crippen molar-refractivity contribution in [3.63, 3.8) is 0 Å². The van der Waals surface area contributed by atoms with Crippen LogP contribution in [0.4, 0.5) is 0 Å². The molecule has 5 heteroatoms. The number of aryl methyl sites for hydroxylation is 1. The maximum Gasteiger partial charge on any atom is 0.193 e. The fourth-order valence-electron chi connectivity index (χ4n) is 2.85. The second kappa shape index (κ2) is 10.1. The molecule has 4 nitrogen and oxygen atoms in total. The molecule has 0 bridgehead atoms. The summed E-state index contributed by atoms with van der Waals surface area (Å²) in [6.07, 6.45) is 2.74. The van der Waals surface area contributed by atoms with E-state index in [1.54, 1.807) is 0 Å². The summed E-state index contributed by atoms with van der Waals surface area (Å²) >= 11 is 0. The molecular weight excluding hydrogens is 399 g/mol. The Morgan fingerprint density at radius 3 is 2.57 bits per heavy atom. The summed E-state index contributed by atoms with van der Waals surface area (Å²) in [5, 5.41) is 3.49. The first-order valence-corrected chi connectivity index (χ1v) is 8.36. The molecule has 130 valence electrons. The maximum absolute atomic E-state index is 4.41. The van der Waals surface area contributed by atoms with Crippen LogP contribution in [-0.4, -0.2) is 55.5 Å². The zero-order valence-electron chi connectivity index (χ0n) is 14.9. The highest BCUT2D eigenvalue weighted by atomic mass is 127. The summed E-state index contributed by atoms with van der Waals surface area (Å²) in [7, 11) is 3.95. The van der Waals surface area contributed by atoms with Gasteiger partial charge in [0, 0.05) is 39.8 Å². The van der Waals surface area contributed by atoms with E-state index in [2.05, 4.69) is 65.3 Å². The van der Waals surface area contributed by atoms with Crippen LogP contribution in [0.25, 0.3) is 0 Å². The highest BCUT2D eigenvalue weighted by Crippen LogP contribution is 2.25. The number of rotatable bonds is 7. The summed E-state index contributed by atoms with van der Waals surface area (Å²) in [6, 6.07) is 9.36. The first-order valence-electron chi connectivity index (χ1n) is 8.36. The summed E-state index contributed by atoms with van der Waals surface area (Å²) in [5.74, 6) is 0.968. The van der Waals surface area contributed by atoms with Gasteiger partial charge in [-0.05, 0) is 37.4 Å². The molecule has 0 aromatic heterocycles. The molecule has 1 N–H and O–H groups in total. The van der Waals surface area contributed by atoms with E-state index in [1.807, 2.05) is 7.05 Å². The predicted octanol–water partition coefficient (Wildman–Crippen LogP) is 3.10. The Morgan fingerprint density at radius 1 is 1.30 bits per heavy atom. The Morgan fingerprint density at radius 2 is 2.00 bits per heavy atom. The molecule has 0 radical (unpaired) electrons. The highest BCUT2D eigenvalue weighted by Gasteiger charge is 2.27. The monoisotopic (exact) mass is 430 g/mol. The molecule has 1 saturated carbocycles. The molecule has 1 aromatic carbocycles. The van der Waals surface area contributed by atoms with Crippen molar-refractivity contribution in [1.29, 1.82) is 0 Å². The minimum absolute atomic E-state index is 0. The number of likely N-dealkylation sites (N-methyl/N-ethyl adjacent to an activating group) is 1. The van der Waals surface area contributed by atoms with Crippen molar-refractivity contribution in [2.75, 3.05) is 33.7 Å². The number of aliphatic imine (C=N–C) groups is 1. The second-order valence-electron chi connectivity index (χ2n) is 6.12. The fourth-order valence-corrected chi connectivity index (χ4v) is 2.85. The number of hydrogen-bond donors (Lipinski definition) is 1. The standard InChI is InChI=1S/C18H30N4.HI/c1-5-22(17-10-11-17)13-12-20-18(19-3)21(4)14-16-9-7-6-8-15(16)2;/h6-9,17H,5,10-14H2,1-4H3,(H,19,20);1H. The molecule has 0 heterocycles. The number of nitrogens with one attached hydrogen (secondary N) is 1. The Labute approximate surface area is 158 Å². The van der Waals surface area contributed by atoms with Crippen LogP contribution in [0.5, 0.6) is 0 Å². The Hall–Kier alpha value is -0.820. The molecule has 1 aliphatic rings. The van der Waals surface area contributed by atoms with Crippen molar-refractivity contribution in [2.24, 2.45) is 4.99 Å². The topological polar surface area (TPSA) is 30.9 Å². The molecular formula is C18H31IN4. The van der Waals surface area contributed by atoms with Crippen LogP contribution in [0.3, 0.4) is 0 Å². The van der Waals surface area contributed by atoms with Crippen molar-refractivity contribution in [3.8, 4) is 0 Å². The number of benzene rings is 1. The first kappa shape index (κ1) is 20.2. The van der Waals surface area contributed by atoms with E-state index in [0.29, 0.717) is 0 Å². The molecule has 23 heavy (non-hydrogen) atoms. The average molecular weight is 430 g/mol. The van der Waals surface area contributed by atoms with Gasteiger partial charge >= 0.3 is 0 Å². The van der Waals surface area contributed by atoms with Gasteiger partial charge in [-0.25, -0.2) is 0 Å². The summed E-state index contributed by atoms with van der Waals surface area (Å²) in [6.45, 7) is 8.48. The Bertz CT molecular complexity index is 500. The first-order chi connectivity index (χ1) is 10.7. The molecule has 0 spiro atoms. The van der Waals surface area contributed by atoms with Crippen LogP contribution in [0.15, 0.2) is 29.3 Å². The third-order valence-electron chi connectivity index (χ3n) is 4.39. The molecule has 0 unspecified atom stereocenters. The van der Waals surface area contributed by atoms with E-state index in [-0.39, 0.29) is 24.0 Å². The lowest BCUT2D eigenvalue weighted by atomic mass is 10.1. The van der Waals surface area contributed by atoms with E-state index < -0.39 is 0 Å². The second-order valence-corrected chi connectivity index (χ2v) is 6.12. The van der Waals surface area contributed by atoms with E-state index in [0.717, 1.165) is 38.2 Å². The largest absolute Gasteiger partial charge is 0.355 e. The van der Waals surface area contributed by atoms with Gasteiger partial charge in [0.2, 0.25) is 0 Å². The van der Waals surface area contributed by atoms with Gasteiger partial charge in [-0.3, -0.25) is 9.89 Å². The summed E-state index contributed by atoms with van der Waals surface area (Å²) in [4.78, 5) is 9.16. The van der Waals surface area contributed by atoms with Crippen LogP contribution in [0.1, 0.15) is 30.9 Å². The quantitative estimate of drug-likeness (QED) is 0.410. The van der Waals surface area contributed by atoms with Crippen LogP contribution in [0, 0.1) is 6.92 Å². The number of halogens is 1. The number of guanidine groups is 1. The van der Waals surface area contributed by atoms with Gasteiger partial charge in [0.05, 0.1) is 0 Å². The van der Waals surface area contributed by atoms with Crippen molar-refractivity contribution >= 4 is 29.9 Å². The molecule has 0 atom stereocenters. The highest BCUT2D eigenvalue weighted by molar-refractivity contribution is 14.0. The summed E-state index contributed by atoms with van der Waals surface area (Å²) in [5.41, 5.74) is 2.68. The molecule has 1 aromatic rings. The normalized spacial score (nSPS) is 14.6. The Balaban J connectivity index is 0.00000264. The summed E-state index contributed by atoms with van der Waals surface area (Å²) < 4.78 is 0. The fraction of sp³-hybridized carbons (Fsp3) is 0.611. The molecule has 2 rings (SSSR count). The van der Waals surface area contributed by atoms with Gasteiger partial charge in [-0.1, -0.05) is 31.2 Å². The van der Waals surface area contributed by atoms with Crippen LogP contribution < -0.4 is 5.32 Å². The molecule has 1 aliphatic carbocycles. The lowest BCUT2D eigenvalue weighted by Crippen LogP contribution is -2.42. The van der Waals surface area contributed by atoms with Gasteiger partial charge in [0.1, 0.15) is 0 Å². The predicted molar refractivity (Wildman–Crippen MR) is 110 cm³/mol. The maximum atomic E-state index is 4.41. The van der Waals surface area contributed by atoms with Gasteiger partial charge in [0.25, 0.3) is 0 Å². The number of hydrogen-bond acceptors (Lipinski definition) is 2. The van der Waals surface area contributed by atoms with Crippen LogP contribution >= 0.6 is 24.0 Å². The average Bonchev–Trinajstić information content (AvgIpc) is 3.34. The minimum atomic E-state index is 0. The van der Waals surface area contributed by atoms with Gasteiger partial charge < -0.3 is 10.2 Å². The molecule has 1 fully saturated rings. The third kappa shape index (κ3) is 6.30. The molecule has 0 amide bonds. The number of nitrogens with zero attached hydrogens (tertiary/aromatic N) is 3. The van der Waals surface area contributed by atoms with E-state index in [1.165, 1.54) is 24.0 Å². The SMILES string of the molecule is CCN(CCNC(=NC)N(C)Cc1ccccc1C)C1CC1.I. The van der Waals surface area contributed by atoms with E-state index in [9.17, 15) is 0 Å². The van der Waals surface area contributed by atoms with Gasteiger partial charge in [-0.15, -0.1) is 24.0 Å². The lowest BCUT2D eigenvalue weighted by Gasteiger charge is -2.25. The van der Waals surface area contributed by atoms with E-state index >= 15 is 0 Å². The van der Waals surface area contributed by atoms with E-state index in [4.69, 9.17) is 0 Å². The Kier molecular flexibility index (Phi) is 8.91. The zero-order valence-corrected chi connectivity index (χ0v) is 17.2. The molecule has 0 aliphatic heterocycles. The zero-order chi connectivity index (χ0) is 15.9. The van der Waals surface area contributed by atoms with Crippen molar-refractivity contribution in [1.82, 2.24) is 15.1 Å². The van der Waals surface area contributed by atoms with Crippen molar-refractivity contribution in [3.05, 3.63) is 35.4 Å². The van der Waals surface area contributed by atoms with Gasteiger partial charge in [-0.2, -0.15) is 0 Å². The molecule has 0 saturated heterocycles. The van der Waals surface area contributed by atoms with Crippen LogP contribution in [0.2, 0.25) is 0 Å². The smallest absolute Gasteiger partial charge is 0.193 e. The van der Waals surface area contributed by atoms with Crippen molar-refractivity contribution < 1.29 is 0 Å². The van der Waals surface area contributed by atoms with Crippen LogP contribution in [-0.2, 0) is 6.54 Å². The lowest BCUT2D eigenvalue weighted by molar-refractivity contribution is 0.280. The van der Waals surface area contributed by atoms with Gasteiger partial charge in [0.15, 0.2) is 5.96 Å². The third-order valence-corrected chi connectivity index (χ3v) is 4.39.